The molecule has 1 aliphatic heterocycles. The molecule has 1 heterocycles. The van der Waals surface area contributed by atoms with Crippen molar-refractivity contribution in [1.29, 1.82) is 0 Å². The summed E-state index contributed by atoms with van der Waals surface area (Å²) in [4.78, 5) is 0. The SMILES string of the molecule is COc1cc2c(cc1O)C(c1ccccc1)=CC(OC)O2. The lowest BCUT2D eigenvalue weighted by Crippen LogP contribution is -2.21. The molecule has 0 aliphatic carbocycles. The number of fused-ring (bicyclic) bond motifs is 1. The number of hydrogen-bond donors (Lipinski definition) is 1. The van der Waals surface area contributed by atoms with Crippen molar-refractivity contribution in [2.45, 2.75) is 6.29 Å². The second kappa shape index (κ2) is 5.50. The van der Waals surface area contributed by atoms with E-state index in [4.69, 9.17) is 14.2 Å². The summed E-state index contributed by atoms with van der Waals surface area (Å²) >= 11 is 0. The van der Waals surface area contributed by atoms with E-state index < -0.39 is 6.29 Å². The van der Waals surface area contributed by atoms with Gasteiger partial charge in [-0.15, -0.1) is 0 Å². The van der Waals surface area contributed by atoms with Crippen molar-refractivity contribution >= 4 is 5.57 Å². The zero-order valence-electron chi connectivity index (χ0n) is 11.9. The van der Waals surface area contributed by atoms with Gasteiger partial charge in [-0.25, -0.2) is 0 Å². The van der Waals surface area contributed by atoms with Crippen LogP contribution in [0.4, 0.5) is 0 Å². The van der Waals surface area contributed by atoms with Crippen LogP contribution in [0.2, 0.25) is 0 Å². The molecule has 2 aromatic rings. The normalized spacial score (nSPS) is 16.7. The summed E-state index contributed by atoms with van der Waals surface area (Å²) in [5.74, 6) is 1.08. The smallest absolute Gasteiger partial charge is 0.220 e. The van der Waals surface area contributed by atoms with Crippen LogP contribution in [0.15, 0.2) is 48.5 Å². The molecule has 1 unspecified atom stereocenters. The number of methoxy groups -OCH3 is 2. The minimum atomic E-state index is -0.470. The van der Waals surface area contributed by atoms with E-state index in [0.717, 1.165) is 16.7 Å². The second-order valence-corrected chi connectivity index (χ2v) is 4.69. The Morgan fingerprint density at radius 3 is 2.52 bits per heavy atom. The Labute approximate surface area is 123 Å². The minimum absolute atomic E-state index is 0.0811. The van der Waals surface area contributed by atoms with Gasteiger partial charge in [-0.1, -0.05) is 30.3 Å². The summed E-state index contributed by atoms with van der Waals surface area (Å²) in [6.07, 6.45) is 1.42. The van der Waals surface area contributed by atoms with Crippen molar-refractivity contribution < 1.29 is 19.3 Å². The van der Waals surface area contributed by atoms with Crippen molar-refractivity contribution in [2.75, 3.05) is 14.2 Å². The maximum absolute atomic E-state index is 10.0. The summed E-state index contributed by atoms with van der Waals surface area (Å²) in [5.41, 5.74) is 2.81. The first-order valence-corrected chi connectivity index (χ1v) is 6.61. The molecule has 108 valence electrons. The van der Waals surface area contributed by atoms with E-state index in [2.05, 4.69) is 0 Å². The van der Waals surface area contributed by atoms with Gasteiger partial charge in [-0.3, -0.25) is 0 Å². The number of phenols is 1. The quantitative estimate of drug-likeness (QED) is 0.940. The molecule has 4 heteroatoms. The molecule has 1 N–H and O–H groups in total. The van der Waals surface area contributed by atoms with Gasteiger partial charge in [0, 0.05) is 18.7 Å². The van der Waals surface area contributed by atoms with Crippen LogP contribution < -0.4 is 9.47 Å². The third-order valence-electron chi connectivity index (χ3n) is 3.43. The number of rotatable bonds is 3. The Hall–Kier alpha value is -2.46. The average Bonchev–Trinajstić information content (AvgIpc) is 2.54. The lowest BCUT2D eigenvalue weighted by Gasteiger charge is -2.25. The molecular weight excluding hydrogens is 268 g/mol. The zero-order valence-corrected chi connectivity index (χ0v) is 11.9. The third kappa shape index (κ3) is 2.45. The predicted molar refractivity (Wildman–Crippen MR) is 79.6 cm³/mol. The fourth-order valence-corrected chi connectivity index (χ4v) is 2.39. The van der Waals surface area contributed by atoms with Gasteiger partial charge in [-0.05, 0) is 23.3 Å². The van der Waals surface area contributed by atoms with Crippen LogP contribution in [0.3, 0.4) is 0 Å². The Bertz CT molecular complexity index is 677. The molecule has 0 spiro atoms. The van der Waals surface area contributed by atoms with E-state index in [9.17, 15) is 5.11 Å². The van der Waals surface area contributed by atoms with Crippen LogP contribution >= 0.6 is 0 Å². The summed E-state index contributed by atoms with van der Waals surface area (Å²) in [7, 11) is 3.10. The monoisotopic (exact) mass is 284 g/mol. The van der Waals surface area contributed by atoms with E-state index >= 15 is 0 Å². The molecule has 0 radical (unpaired) electrons. The molecule has 3 rings (SSSR count). The molecular formula is C17H16O4. The number of phenolic OH excluding ortho intramolecular Hbond substituents is 1. The fraction of sp³-hybridized carbons (Fsp3) is 0.176. The maximum atomic E-state index is 10.0. The first-order chi connectivity index (χ1) is 10.2. The minimum Gasteiger partial charge on any atom is -0.504 e. The molecule has 0 amide bonds. The van der Waals surface area contributed by atoms with E-state index in [1.807, 2.05) is 36.4 Å². The maximum Gasteiger partial charge on any atom is 0.220 e. The molecule has 0 fully saturated rings. The van der Waals surface area contributed by atoms with Gasteiger partial charge in [0.25, 0.3) is 0 Å². The highest BCUT2D eigenvalue weighted by molar-refractivity contribution is 5.85. The van der Waals surface area contributed by atoms with Gasteiger partial charge in [0.15, 0.2) is 11.5 Å². The van der Waals surface area contributed by atoms with E-state index in [1.165, 1.54) is 7.11 Å². The number of ether oxygens (including phenoxy) is 3. The predicted octanol–water partition coefficient (Wildman–Crippen LogP) is 3.20. The molecule has 1 aliphatic rings. The third-order valence-corrected chi connectivity index (χ3v) is 3.43. The van der Waals surface area contributed by atoms with Crippen LogP contribution in [-0.2, 0) is 4.74 Å². The van der Waals surface area contributed by atoms with Gasteiger partial charge in [-0.2, -0.15) is 0 Å². The van der Waals surface area contributed by atoms with Crippen molar-refractivity contribution in [3.63, 3.8) is 0 Å². The Morgan fingerprint density at radius 2 is 1.86 bits per heavy atom. The molecule has 0 saturated carbocycles. The van der Waals surface area contributed by atoms with Gasteiger partial charge in [0.05, 0.1) is 7.11 Å². The Balaban J connectivity index is 2.16. The van der Waals surface area contributed by atoms with Gasteiger partial charge in [0.2, 0.25) is 6.29 Å². The van der Waals surface area contributed by atoms with Gasteiger partial charge in [0.1, 0.15) is 5.75 Å². The summed E-state index contributed by atoms with van der Waals surface area (Å²) in [6, 6.07) is 13.2. The average molecular weight is 284 g/mol. The molecule has 0 bridgehead atoms. The van der Waals surface area contributed by atoms with Crippen LogP contribution in [0.5, 0.6) is 17.2 Å². The standard InChI is InChI=1S/C17H16O4/c1-19-16-10-15-13(8-14(16)18)12(9-17(20-2)21-15)11-6-4-3-5-7-11/h3-10,17-18H,1-2H3. The second-order valence-electron chi connectivity index (χ2n) is 4.69. The molecule has 21 heavy (non-hydrogen) atoms. The largest absolute Gasteiger partial charge is 0.504 e. The van der Waals surface area contributed by atoms with Crippen molar-refractivity contribution in [3.8, 4) is 17.2 Å². The van der Waals surface area contributed by atoms with Crippen LogP contribution in [0.1, 0.15) is 11.1 Å². The zero-order chi connectivity index (χ0) is 14.8. The number of benzene rings is 2. The lowest BCUT2D eigenvalue weighted by molar-refractivity contribution is -0.0176. The lowest BCUT2D eigenvalue weighted by atomic mass is 9.94. The highest BCUT2D eigenvalue weighted by Crippen LogP contribution is 2.42. The first-order valence-electron chi connectivity index (χ1n) is 6.61. The molecule has 4 nitrogen and oxygen atoms in total. The molecule has 1 atom stereocenters. The highest BCUT2D eigenvalue weighted by Gasteiger charge is 2.23. The highest BCUT2D eigenvalue weighted by atomic mass is 16.7. The summed E-state index contributed by atoms with van der Waals surface area (Å²) in [6.45, 7) is 0. The van der Waals surface area contributed by atoms with Crippen molar-refractivity contribution in [3.05, 3.63) is 59.7 Å². The summed E-state index contributed by atoms with van der Waals surface area (Å²) in [5, 5.41) is 10.0. The molecule has 0 aromatic heterocycles. The molecule has 2 aromatic carbocycles. The van der Waals surface area contributed by atoms with Crippen molar-refractivity contribution in [1.82, 2.24) is 0 Å². The molecule has 0 saturated heterocycles. The van der Waals surface area contributed by atoms with E-state index in [-0.39, 0.29) is 5.75 Å². The number of aromatic hydroxyl groups is 1. The topological polar surface area (TPSA) is 47.9 Å². The fourth-order valence-electron chi connectivity index (χ4n) is 2.39. The van der Waals surface area contributed by atoms with Crippen LogP contribution in [-0.4, -0.2) is 25.6 Å². The van der Waals surface area contributed by atoms with Crippen molar-refractivity contribution in [2.24, 2.45) is 0 Å². The van der Waals surface area contributed by atoms with Gasteiger partial charge >= 0.3 is 0 Å². The Kier molecular flexibility index (Phi) is 3.54. The number of hydrogen-bond acceptors (Lipinski definition) is 4. The van der Waals surface area contributed by atoms with E-state index in [1.54, 1.807) is 19.2 Å². The Morgan fingerprint density at radius 1 is 1.10 bits per heavy atom. The summed E-state index contributed by atoms with van der Waals surface area (Å²) < 4.78 is 16.2. The van der Waals surface area contributed by atoms with Crippen LogP contribution in [0, 0.1) is 0 Å². The van der Waals surface area contributed by atoms with Crippen LogP contribution in [0.25, 0.3) is 5.57 Å². The first kappa shape index (κ1) is 13.5. The van der Waals surface area contributed by atoms with Gasteiger partial charge < -0.3 is 19.3 Å². The van der Waals surface area contributed by atoms with E-state index in [0.29, 0.717) is 11.5 Å².